The summed E-state index contributed by atoms with van der Waals surface area (Å²) >= 11 is 5.94. The van der Waals surface area contributed by atoms with Crippen molar-refractivity contribution in [1.29, 1.82) is 0 Å². The molecular formula is C24H25ClNO6+. The highest BCUT2D eigenvalue weighted by Crippen LogP contribution is 2.50. The molecule has 0 bridgehead atoms. The van der Waals surface area contributed by atoms with Crippen LogP contribution >= 0.6 is 11.6 Å². The van der Waals surface area contributed by atoms with Crippen molar-refractivity contribution in [3.63, 3.8) is 0 Å². The maximum atomic E-state index is 13.3. The van der Waals surface area contributed by atoms with Crippen LogP contribution in [0.25, 0.3) is 6.08 Å². The number of carbonyl (C=O) groups is 2. The van der Waals surface area contributed by atoms with Crippen LogP contribution in [0.4, 0.5) is 0 Å². The number of fused-ring (bicyclic) bond motifs is 2. The molecule has 0 aromatic heterocycles. The molecule has 0 aliphatic carbocycles. The van der Waals surface area contributed by atoms with E-state index in [1.54, 1.807) is 25.3 Å². The lowest BCUT2D eigenvalue weighted by molar-refractivity contribution is -0.917. The van der Waals surface area contributed by atoms with Crippen LogP contribution in [-0.4, -0.2) is 57.4 Å². The molecule has 1 atom stereocenters. The highest BCUT2D eigenvalue weighted by atomic mass is 35.5. The molecule has 8 heteroatoms. The number of hydrogen-bond acceptors (Lipinski definition) is 6. The number of ether oxygens (including phenoxy) is 4. The van der Waals surface area contributed by atoms with Gasteiger partial charge in [-0.2, -0.15) is 0 Å². The predicted molar refractivity (Wildman–Crippen MR) is 119 cm³/mol. The van der Waals surface area contributed by atoms with Gasteiger partial charge < -0.3 is 23.4 Å². The van der Waals surface area contributed by atoms with Crippen molar-refractivity contribution in [2.75, 3.05) is 41.1 Å². The lowest BCUT2D eigenvalue weighted by Gasteiger charge is -2.38. The minimum Gasteiger partial charge on any atom is -0.492 e. The molecule has 0 radical (unpaired) electrons. The fourth-order valence-corrected chi connectivity index (χ4v) is 4.42. The number of ketones is 1. The van der Waals surface area contributed by atoms with Gasteiger partial charge in [0.05, 0.1) is 38.9 Å². The van der Waals surface area contributed by atoms with Crippen molar-refractivity contribution in [2.24, 2.45) is 0 Å². The molecular weight excluding hydrogens is 434 g/mol. The molecule has 0 fully saturated rings. The van der Waals surface area contributed by atoms with E-state index in [1.165, 1.54) is 13.2 Å². The number of likely N-dealkylation sites (N-methyl/N-ethyl adjacent to an activating group) is 1. The Balaban J connectivity index is 1.76. The van der Waals surface area contributed by atoms with Gasteiger partial charge in [0.15, 0.2) is 23.8 Å². The Labute approximate surface area is 191 Å². The number of halogens is 1. The van der Waals surface area contributed by atoms with E-state index < -0.39 is 0 Å². The van der Waals surface area contributed by atoms with Crippen LogP contribution in [0.5, 0.6) is 17.2 Å². The maximum absolute atomic E-state index is 13.3. The Bertz CT molecular complexity index is 1090. The first-order chi connectivity index (χ1) is 15.3. The van der Waals surface area contributed by atoms with Crippen molar-refractivity contribution in [2.45, 2.75) is 13.0 Å². The van der Waals surface area contributed by atoms with Crippen molar-refractivity contribution < 1.29 is 33.0 Å². The third-order valence-electron chi connectivity index (χ3n) is 5.91. The van der Waals surface area contributed by atoms with E-state index in [1.807, 2.05) is 19.2 Å². The second-order valence-corrected chi connectivity index (χ2v) is 8.60. The van der Waals surface area contributed by atoms with Crippen molar-refractivity contribution in [1.82, 2.24) is 0 Å². The number of carbonyl (C=O) groups excluding carboxylic acids is 2. The molecule has 32 heavy (non-hydrogen) atoms. The van der Waals surface area contributed by atoms with Crippen LogP contribution < -0.4 is 14.2 Å². The monoisotopic (exact) mass is 458 g/mol. The highest BCUT2D eigenvalue weighted by Gasteiger charge is 2.40. The normalized spacial score (nSPS) is 19.0. The van der Waals surface area contributed by atoms with Gasteiger partial charge in [0.25, 0.3) is 0 Å². The SMILES string of the molecule is COC(=O)C[N+]1(C)CCc2c(c(OC)c3c(c2C(=O)/C=C/c2ccc(Cl)cc2)OCO3)C1. The Hall–Kier alpha value is -3.03. The summed E-state index contributed by atoms with van der Waals surface area (Å²) in [6, 6.07) is 7.23. The van der Waals surface area contributed by atoms with Crippen LogP contribution in [0.3, 0.4) is 0 Å². The summed E-state index contributed by atoms with van der Waals surface area (Å²) in [6.45, 7) is 1.43. The Morgan fingerprint density at radius 2 is 1.84 bits per heavy atom. The van der Waals surface area contributed by atoms with E-state index in [-0.39, 0.29) is 25.1 Å². The third-order valence-corrected chi connectivity index (χ3v) is 6.17. The number of esters is 1. The third kappa shape index (κ3) is 4.18. The second-order valence-electron chi connectivity index (χ2n) is 8.16. The number of benzene rings is 2. The van der Waals surface area contributed by atoms with Crippen molar-refractivity contribution in [3.8, 4) is 17.2 Å². The predicted octanol–water partition coefficient (Wildman–Crippen LogP) is 3.65. The second kappa shape index (κ2) is 8.84. The summed E-state index contributed by atoms with van der Waals surface area (Å²) in [5.74, 6) is 0.943. The highest BCUT2D eigenvalue weighted by molar-refractivity contribution is 6.30. The van der Waals surface area contributed by atoms with Gasteiger partial charge in [0, 0.05) is 11.4 Å². The molecule has 0 saturated carbocycles. The van der Waals surface area contributed by atoms with Gasteiger partial charge in [0.2, 0.25) is 12.5 Å². The molecule has 0 spiro atoms. The Morgan fingerprint density at radius 1 is 1.12 bits per heavy atom. The number of nitrogens with zero attached hydrogens (tertiary/aromatic N) is 1. The van der Waals surface area contributed by atoms with Gasteiger partial charge in [-0.05, 0) is 29.3 Å². The smallest absolute Gasteiger partial charge is 0.361 e. The zero-order chi connectivity index (χ0) is 22.9. The molecule has 0 N–H and O–H groups in total. The fraction of sp³-hybridized carbons (Fsp3) is 0.333. The lowest BCUT2D eigenvalue weighted by atomic mass is 9.89. The maximum Gasteiger partial charge on any atom is 0.361 e. The first-order valence-corrected chi connectivity index (χ1v) is 10.6. The van der Waals surface area contributed by atoms with Crippen LogP contribution in [0.15, 0.2) is 30.3 Å². The molecule has 1 unspecified atom stereocenters. The van der Waals surface area contributed by atoms with E-state index in [0.717, 1.165) is 16.7 Å². The summed E-state index contributed by atoms with van der Waals surface area (Å²) in [5.41, 5.74) is 3.08. The molecule has 2 heterocycles. The van der Waals surface area contributed by atoms with Crippen LogP contribution in [0.1, 0.15) is 27.0 Å². The molecule has 0 amide bonds. The average Bonchev–Trinajstić information content (AvgIpc) is 3.25. The number of quaternary nitrogens is 1. The van der Waals surface area contributed by atoms with E-state index in [4.69, 9.17) is 30.5 Å². The van der Waals surface area contributed by atoms with E-state index in [0.29, 0.717) is 51.8 Å². The number of methoxy groups -OCH3 is 2. The summed E-state index contributed by atoms with van der Waals surface area (Å²) < 4.78 is 22.4. The summed E-state index contributed by atoms with van der Waals surface area (Å²) in [5, 5.41) is 0.634. The Kier molecular flexibility index (Phi) is 6.13. The van der Waals surface area contributed by atoms with Gasteiger partial charge in [-0.1, -0.05) is 29.8 Å². The zero-order valence-corrected chi connectivity index (χ0v) is 19.0. The molecule has 2 aromatic rings. The van der Waals surface area contributed by atoms with Gasteiger partial charge in [0.1, 0.15) is 6.54 Å². The van der Waals surface area contributed by atoms with Gasteiger partial charge >= 0.3 is 5.97 Å². The molecule has 2 aromatic carbocycles. The van der Waals surface area contributed by atoms with Gasteiger partial charge in [-0.15, -0.1) is 0 Å². The lowest BCUT2D eigenvalue weighted by Crippen LogP contribution is -2.51. The number of rotatable bonds is 6. The summed E-state index contributed by atoms with van der Waals surface area (Å²) in [7, 11) is 4.94. The van der Waals surface area contributed by atoms with E-state index >= 15 is 0 Å². The van der Waals surface area contributed by atoms with Crippen LogP contribution in [-0.2, 0) is 22.5 Å². The molecule has 4 rings (SSSR count). The van der Waals surface area contributed by atoms with Gasteiger partial charge in [-0.3, -0.25) is 4.79 Å². The molecule has 7 nitrogen and oxygen atoms in total. The number of hydrogen-bond donors (Lipinski definition) is 0. The minimum absolute atomic E-state index is 0.0179. The van der Waals surface area contributed by atoms with Gasteiger partial charge in [-0.25, -0.2) is 4.79 Å². The van der Waals surface area contributed by atoms with Crippen molar-refractivity contribution >= 4 is 29.4 Å². The molecule has 0 saturated heterocycles. The van der Waals surface area contributed by atoms with E-state index in [2.05, 4.69) is 0 Å². The molecule has 2 aliphatic heterocycles. The first kappa shape index (κ1) is 22.2. The standard InChI is InChI=1S/C24H25ClNO6/c1-26(13-20(28)29-2)11-10-17-18(12-26)22(30-3)24-23(31-14-32-24)21(17)19(27)9-6-15-4-7-16(25)8-5-15/h4-9H,10-14H2,1-3H3/q+1/b9-6+. The van der Waals surface area contributed by atoms with Crippen LogP contribution in [0, 0.1) is 0 Å². The number of allylic oxidation sites excluding steroid dienone is 1. The molecule has 168 valence electrons. The zero-order valence-electron chi connectivity index (χ0n) is 18.3. The minimum atomic E-state index is -0.280. The van der Waals surface area contributed by atoms with Crippen molar-refractivity contribution in [3.05, 3.63) is 57.6 Å². The summed E-state index contributed by atoms with van der Waals surface area (Å²) in [4.78, 5) is 25.3. The Morgan fingerprint density at radius 3 is 2.53 bits per heavy atom. The summed E-state index contributed by atoms with van der Waals surface area (Å²) in [6.07, 6.45) is 3.87. The topological polar surface area (TPSA) is 71.1 Å². The fourth-order valence-electron chi connectivity index (χ4n) is 4.30. The first-order valence-electron chi connectivity index (χ1n) is 10.2. The largest absolute Gasteiger partial charge is 0.492 e. The van der Waals surface area contributed by atoms with Crippen LogP contribution in [0.2, 0.25) is 5.02 Å². The average molecular weight is 459 g/mol. The quantitative estimate of drug-likeness (QED) is 0.285. The van der Waals surface area contributed by atoms with E-state index in [9.17, 15) is 9.59 Å². The molecule has 2 aliphatic rings.